The molecule has 3 rings (SSSR count). The van der Waals surface area contributed by atoms with E-state index in [9.17, 15) is 4.79 Å². The number of fused-ring (bicyclic) bond motifs is 1. The Hall–Kier alpha value is -1.42. The zero-order valence-corrected chi connectivity index (χ0v) is 11.2. The van der Waals surface area contributed by atoms with Gasteiger partial charge in [0.1, 0.15) is 0 Å². The largest absolute Gasteiger partial charge is 0.369 e. The molecule has 2 heterocycles. The Labute approximate surface area is 114 Å². The minimum atomic E-state index is -0.132. The molecule has 0 spiro atoms. The first-order valence-electron chi connectivity index (χ1n) is 7.22. The van der Waals surface area contributed by atoms with E-state index in [0.29, 0.717) is 6.04 Å². The highest BCUT2D eigenvalue weighted by molar-refractivity contribution is 5.76. The van der Waals surface area contributed by atoms with Gasteiger partial charge in [-0.1, -0.05) is 0 Å². The Bertz CT molecular complexity index is 466. The number of piperidine rings is 1. The van der Waals surface area contributed by atoms with Crippen molar-refractivity contribution in [3.8, 4) is 0 Å². The van der Waals surface area contributed by atoms with E-state index in [0.717, 1.165) is 32.4 Å². The summed E-state index contributed by atoms with van der Waals surface area (Å²) in [6.45, 7) is 1.97. The number of primary amides is 1. The van der Waals surface area contributed by atoms with E-state index in [2.05, 4.69) is 16.0 Å². The van der Waals surface area contributed by atoms with Crippen molar-refractivity contribution in [3.05, 3.63) is 29.6 Å². The lowest BCUT2D eigenvalue weighted by Crippen LogP contribution is -2.41. The average molecular weight is 259 g/mol. The Balaban J connectivity index is 1.73. The molecule has 1 amide bonds. The first-order chi connectivity index (χ1) is 9.25. The van der Waals surface area contributed by atoms with Crippen LogP contribution >= 0.6 is 0 Å². The maximum atomic E-state index is 11.2. The molecular formula is C15H21N3O. The second-order valence-electron chi connectivity index (χ2n) is 5.70. The molecule has 1 aliphatic heterocycles. The number of nitrogens with two attached hydrogens (primary N) is 1. The minimum absolute atomic E-state index is 0.0803. The maximum Gasteiger partial charge on any atom is 0.220 e. The summed E-state index contributed by atoms with van der Waals surface area (Å²) < 4.78 is 0. The van der Waals surface area contributed by atoms with E-state index >= 15 is 0 Å². The Morgan fingerprint density at radius 2 is 2.11 bits per heavy atom. The van der Waals surface area contributed by atoms with Gasteiger partial charge >= 0.3 is 0 Å². The van der Waals surface area contributed by atoms with E-state index in [1.807, 2.05) is 12.4 Å². The van der Waals surface area contributed by atoms with E-state index in [1.165, 1.54) is 24.0 Å². The normalized spacial score (nSPS) is 24.9. The highest BCUT2D eigenvalue weighted by Gasteiger charge is 2.30. The number of aryl methyl sites for hydroxylation is 1. The number of nitrogens with zero attached hydrogens (tertiary/aromatic N) is 2. The smallest absolute Gasteiger partial charge is 0.220 e. The Kier molecular flexibility index (Phi) is 3.51. The maximum absolute atomic E-state index is 11.2. The number of aromatic nitrogens is 1. The summed E-state index contributed by atoms with van der Waals surface area (Å²) >= 11 is 0. The molecule has 2 aliphatic rings. The van der Waals surface area contributed by atoms with Gasteiger partial charge in [0.2, 0.25) is 5.91 Å². The average Bonchev–Trinajstić information content (AvgIpc) is 2.47. The number of pyridine rings is 1. The standard InChI is InChI=1S/C15H21N3O/c16-15(19)11-5-8-18(9-6-11)14-3-1-2-12-10-17-7-4-13(12)14/h4,7,10-11,14H,1-3,5-6,8-9H2,(H2,16,19). The predicted molar refractivity (Wildman–Crippen MR) is 73.4 cm³/mol. The van der Waals surface area contributed by atoms with Crippen molar-refractivity contribution >= 4 is 5.91 Å². The van der Waals surface area contributed by atoms with Gasteiger partial charge in [0.15, 0.2) is 0 Å². The molecule has 0 bridgehead atoms. The summed E-state index contributed by atoms with van der Waals surface area (Å²) in [7, 11) is 0. The highest BCUT2D eigenvalue weighted by atomic mass is 16.1. The number of amides is 1. The van der Waals surface area contributed by atoms with Crippen LogP contribution in [0.5, 0.6) is 0 Å². The molecule has 1 aromatic heterocycles. The van der Waals surface area contributed by atoms with E-state index in [1.54, 1.807) is 0 Å². The number of hydrogen-bond acceptors (Lipinski definition) is 3. The van der Waals surface area contributed by atoms with Crippen molar-refractivity contribution in [1.82, 2.24) is 9.88 Å². The van der Waals surface area contributed by atoms with Gasteiger partial charge in [-0.25, -0.2) is 0 Å². The van der Waals surface area contributed by atoms with Crippen molar-refractivity contribution < 1.29 is 4.79 Å². The van der Waals surface area contributed by atoms with Crippen LogP contribution in [0.1, 0.15) is 42.9 Å². The van der Waals surface area contributed by atoms with Crippen LogP contribution in [0, 0.1) is 5.92 Å². The molecule has 4 heteroatoms. The monoisotopic (exact) mass is 259 g/mol. The summed E-state index contributed by atoms with van der Waals surface area (Å²) in [6.07, 6.45) is 9.33. The van der Waals surface area contributed by atoms with Gasteiger partial charge in [0.05, 0.1) is 0 Å². The Morgan fingerprint density at radius 1 is 1.32 bits per heavy atom. The number of rotatable bonds is 2. The molecule has 19 heavy (non-hydrogen) atoms. The first kappa shape index (κ1) is 12.6. The lowest BCUT2D eigenvalue weighted by Gasteiger charge is -2.39. The zero-order valence-electron chi connectivity index (χ0n) is 11.2. The fraction of sp³-hybridized carbons (Fsp3) is 0.600. The van der Waals surface area contributed by atoms with Gasteiger partial charge in [-0.05, 0) is 62.4 Å². The molecule has 102 valence electrons. The number of carbonyl (C=O) groups excluding carboxylic acids is 1. The van der Waals surface area contributed by atoms with Crippen LogP contribution in [0.2, 0.25) is 0 Å². The molecular weight excluding hydrogens is 238 g/mol. The zero-order chi connectivity index (χ0) is 13.2. The summed E-state index contributed by atoms with van der Waals surface area (Å²) in [5.74, 6) is -0.0513. The summed E-state index contributed by atoms with van der Waals surface area (Å²) in [6, 6.07) is 2.68. The lowest BCUT2D eigenvalue weighted by atomic mass is 9.86. The fourth-order valence-electron chi connectivity index (χ4n) is 3.49. The van der Waals surface area contributed by atoms with Crippen molar-refractivity contribution in [3.63, 3.8) is 0 Å². The van der Waals surface area contributed by atoms with Gasteiger partial charge < -0.3 is 5.73 Å². The third-order valence-corrected chi connectivity index (χ3v) is 4.60. The van der Waals surface area contributed by atoms with Gasteiger partial charge in [0, 0.05) is 24.4 Å². The third kappa shape index (κ3) is 2.50. The summed E-state index contributed by atoms with van der Waals surface area (Å²) in [4.78, 5) is 18.0. The van der Waals surface area contributed by atoms with Crippen LogP contribution in [-0.2, 0) is 11.2 Å². The van der Waals surface area contributed by atoms with Crippen LogP contribution < -0.4 is 5.73 Å². The minimum Gasteiger partial charge on any atom is -0.369 e. The van der Waals surface area contributed by atoms with Gasteiger partial charge in [-0.3, -0.25) is 14.7 Å². The predicted octanol–water partition coefficient (Wildman–Crippen LogP) is 1.66. The van der Waals surface area contributed by atoms with Crippen LogP contribution in [0.25, 0.3) is 0 Å². The number of likely N-dealkylation sites (tertiary alicyclic amines) is 1. The topological polar surface area (TPSA) is 59.2 Å². The van der Waals surface area contributed by atoms with Gasteiger partial charge in [-0.15, -0.1) is 0 Å². The van der Waals surface area contributed by atoms with Crippen LogP contribution in [-0.4, -0.2) is 28.9 Å². The van der Waals surface area contributed by atoms with E-state index in [-0.39, 0.29) is 11.8 Å². The molecule has 1 unspecified atom stereocenters. The SMILES string of the molecule is NC(=O)C1CCN(C2CCCc3cnccc32)CC1. The second kappa shape index (κ2) is 5.29. The molecule has 1 saturated heterocycles. The van der Waals surface area contributed by atoms with Gasteiger partial charge in [0.25, 0.3) is 0 Å². The molecule has 4 nitrogen and oxygen atoms in total. The molecule has 1 aliphatic carbocycles. The molecule has 1 atom stereocenters. The molecule has 1 aromatic rings. The van der Waals surface area contributed by atoms with Crippen molar-refractivity contribution in [2.75, 3.05) is 13.1 Å². The molecule has 2 N–H and O–H groups in total. The van der Waals surface area contributed by atoms with Crippen LogP contribution in [0.15, 0.2) is 18.5 Å². The second-order valence-corrected chi connectivity index (χ2v) is 5.70. The van der Waals surface area contributed by atoms with Crippen molar-refractivity contribution in [2.24, 2.45) is 11.7 Å². The highest BCUT2D eigenvalue weighted by Crippen LogP contribution is 2.35. The van der Waals surface area contributed by atoms with Crippen molar-refractivity contribution in [1.29, 1.82) is 0 Å². The van der Waals surface area contributed by atoms with Gasteiger partial charge in [-0.2, -0.15) is 0 Å². The molecule has 1 fully saturated rings. The summed E-state index contributed by atoms with van der Waals surface area (Å²) in [5.41, 5.74) is 8.24. The molecule has 0 aromatic carbocycles. The first-order valence-corrected chi connectivity index (χ1v) is 7.22. The Morgan fingerprint density at radius 3 is 2.84 bits per heavy atom. The summed E-state index contributed by atoms with van der Waals surface area (Å²) in [5, 5.41) is 0. The quantitative estimate of drug-likeness (QED) is 0.878. The fourth-order valence-corrected chi connectivity index (χ4v) is 3.49. The van der Waals surface area contributed by atoms with E-state index in [4.69, 9.17) is 5.73 Å². The van der Waals surface area contributed by atoms with Crippen LogP contribution in [0.4, 0.5) is 0 Å². The molecule has 0 saturated carbocycles. The number of carbonyl (C=O) groups is 1. The lowest BCUT2D eigenvalue weighted by molar-refractivity contribution is -0.123. The van der Waals surface area contributed by atoms with Crippen molar-refractivity contribution in [2.45, 2.75) is 38.1 Å². The number of hydrogen-bond donors (Lipinski definition) is 1. The van der Waals surface area contributed by atoms with E-state index < -0.39 is 0 Å². The molecule has 0 radical (unpaired) electrons. The van der Waals surface area contributed by atoms with Crippen LogP contribution in [0.3, 0.4) is 0 Å². The third-order valence-electron chi connectivity index (χ3n) is 4.60.